The summed E-state index contributed by atoms with van der Waals surface area (Å²) in [7, 11) is 0. The first-order chi connectivity index (χ1) is 9.41. The molecule has 0 aliphatic carbocycles. The van der Waals surface area contributed by atoms with Crippen LogP contribution in [0.25, 0.3) is 10.4 Å². The molecule has 0 aliphatic heterocycles. The molecule has 0 fully saturated rings. The van der Waals surface area contributed by atoms with Gasteiger partial charge in [-0.05, 0) is 18.4 Å². The fourth-order valence-electron chi connectivity index (χ4n) is 1.40. The lowest BCUT2D eigenvalue weighted by Gasteiger charge is -2.05. The van der Waals surface area contributed by atoms with E-state index in [2.05, 4.69) is 10.0 Å². The molecule has 0 saturated carbocycles. The van der Waals surface area contributed by atoms with E-state index in [1.807, 2.05) is 0 Å². The Morgan fingerprint density at radius 2 is 1.37 bits per heavy atom. The van der Waals surface area contributed by atoms with Gasteiger partial charge in [-0.1, -0.05) is 18.0 Å². The van der Waals surface area contributed by atoms with Gasteiger partial charge in [-0.25, -0.2) is 0 Å². The zero-order valence-electron chi connectivity index (χ0n) is 11.5. The van der Waals surface area contributed by atoms with Crippen molar-refractivity contribution in [3.63, 3.8) is 0 Å². The van der Waals surface area contributed by atoms with Crippen molar-refractivity contribution in [2.24, 2.45) is 5.11 Å². The summed E-state index contributed by atoms with van der Waals surface area (Å²) in [5, 5.41) is 11.9. The largest absolute Gasteiger partial charge is 0.394 e. The van der Waals surface area contributed by atoms with Crippen LogP contribution in [-0.4, -0.2) is 57.9 Å². The Kier molecular flexibility index (Phi) is 16.4. The summed E-state index contributed by atoms with van der Waals surface area (Å²) in [6.07, 6.45) is 4.30. The molecule has 0 bridgehead atoms. The topological polar surface area (TPSA) is 96.7 Å². The zero-order valence-corrected chi connectivity index (χ0v) is 11.5. The molecule has 0 amide bonds. The highest BCUT2D eigenvalue weighted by Crippen LogP contribution is 2.00. The Labute approximate surface area is 114 Å². The van der Waals surface area contributed by atoms with Crippen molar-refractivity contribution >= 4 is 0 Å². The fourth-order valence-corrected chi connectivity index (χ4v) is 1.40. The van der Waals surface area contributed by atoms with Crippen molar-refractivity contribution in [1.82, 2.24) is 0 Å². The Morgan fingerprint density at radius 3 is 1.95 bits per heavy atom. The second-order valence-electron chi connectivity index (χ2n) is 3.93. The maximum absolute atomic E-state index is 8.47. The van der Waals surface area contributed by atoms with Crippen LogP contribution in [0.5, 0.6) is 0 Å². The molecule has 19 heavy (non-hydrogen) atoms. The van der Waals surface area contributed by atoms with Crippen molar-refractivity contribution in [3.05, 3.63) is 10.4 Å². The molecule has 0 aromatic heterocycles. The van der Waals surface area contributed by atoms with Crippen LogP contribution in [0.1, 0.15) is 25.7 Å². The summed E-state index contributed by atoms with van der Waals surface area (Å²) in [5.41, 5.74) is 8.04. The van der Waals surface area contributed by atoms with Gasteiger partial charge in [-0.3, -0.25) is 0 Å². The minimum absolute atomic E-state index is 0.0604. The van der Waals surface area contributed by atoms with E-state index in [1.54, 1.807) is 0 Å². The number of hydrogen-bond acceptors (Lipinski definition) is 5. The minimum Gasteiger partial charge on any atom is -0.394 e. The molecule has 7 heteroatoms. The molecule has 0 heterocycles. The zero-order chi connectivity index (χ0) is 14.0. The van der Waals surface area contributed by atoms with E-state index in [9.17, 15) is 0 Å². The number of hydrogen-bond donors (Lipinski definition) is 1. The fraction of sp³-hybridized carbons (Fsp3) is 1.00. The maximum Gasteiger partial charge on any atom is 0.0701 e. The van der Waals surface area contributed by atoms with Crippen LogP contribution in [0.4, 0.5) is 0 Å². The third-order valence-electron chi connectivity index (χ3n) is 2.33. The van der Waals surface area contributed by atoms with Crippen LogP contribution in [0.3, 0.4) is 0 Å². The number of unbranched alkanes of at least 4 members (excludes halogenated alkanes) is 3. The molecule has 0 atom stereocenters. The lowest BCUT2D eigenvalue weighted by atomic mass is 10.2. The van der Waals surface area contributed by atoms with E-state index in [0.717, 1.165) is 38.9 Å². The third-order valence-corrected chi connectivity index (χ3v) is 2.33. The van der Waals surface area contributed by atoms with E-state index in [-0.39, 0.29) is 6.61 Å². The van der Waals surface area contributed by atoms with Crippen LogP contribution in [0.2, 0.25) is 0 Å². The summed E-state index contributed by atoms with van der Waals surface area (Å²) < 4.78 is 15.7. The number of nitrogens with zero attached hydrogens (tertiary/aromatic N) is 3. The van der Waals surface area contributed by atoms with Crippen LogP contribution < -0.4 is 0 Å². The Balaban J connectivity index is 2.93. The molecule has 0 rings (SSSR count). The Bertz CT molecular complexity index is 223. The van der Waals surface area contributed by atoms with Crippen LogP contribution >= 0.6 is 0 Å². The van der Waals surface area contributed by atoms with Crippen molar-refractivity contribution in [3.8, 4) is 0 Å². The SMILES string of the molecule is [N-]=[N+]=NCCOCCCCCCOCCOCCO. The number of azide groups is 1. The first-order valence-electron chi connectivity index (χ1n) is 6.76. The van der Waals surface area contributed by atoms with Gasteiger partial charge in [0.2, 0.25) is 0 Å². The highest BCUT2D eigenvalue weighted by molar-refractivity contribution is 4.46. The predicted octanol–water partition coefficient (Wildman–Crippen LogP) is 1.90. The normalized spacial score (nSPS) is 10.4. The molecule has 0 aromatic rings. The summed E-state index contributed by atoms with van der Waals surface area (Å²) in [6.45, 7) is 3.94. The highest BCUT2D eigenvalue weighted by Gasteiger charge is 1.93. The Hall–Kier alpha value is -0.850. The highest BCUT2D eigenvalue weighted by atomic mass is 16.5. The summed E-state index contributed by atoms with van der Waals surface area (Å²) in [4.78, 5) is 2.64. The van der Waals surface area contributed by atoms with Gasteiger partial charge < -0.3 is 19.3 Å². The molecule has 112 valence electrons. The average molecular weight is 275 g/mol. The molecule has 0 spiro atoms. The summed E-state index contributed by atoms with van der Waals surface area (Å²) >= 11 is 0. The molecular weight excluding hydrogens is 250 g/mol. The first-order valence-corrected chi connectivity index (χ1v) is 6.76. The third kappa shape index (κ3) is 17.1. The quantitative estimate of drug-likeness (QED) is 0.213. The minimum atomic E-state index is 0.0604. The van der Waals surface area contributed by atoms with E-state index >= 15 is 0 Å². The van der Waals surface area contributed by atoms with Crippen molar-refractivity contribution in [2.45, 2.75) is 25.7 Å². The van der Waals surface area contributed by atoms with Gasteiger partial charge in [0.1, 0.15) is 0 Å². The van der Waals surface area contributed by atoms with Crippen LogP contribution in [-0.2, 0) is 14.2 Å². The molecule has 0 radical (unpaired) electrons. The molecule has 1 N–H and O–H groups in total. The van der Waals surface area contributed by atoms with Gasteiger partial charge in [0.05, 0.1) is 33.0 Å². The second kappa shape index (κ2) is 17.2. The summed E-state index contributed by atoms with van der Waals surface area (Å²) in [6, 6.07) is 0. The van der Waals surface area contributed by atoms with Crippen LogP contribution in [0, 0.1) is 0 Å². The lowest BCUT2D eigenvalue weighted by Crippen LogP contribution is -2.07. The number of rotatable bonds is 15. The second-order valence-corrected chi connectivity index (χ2v) is 3.93. The predicted molar refractivity (Wildman–Crippen MR) is 72.0 cm³/mol. The van der Waals surface area contributed by atoms with Gasteiger partial charge in [-0.15, -0.1) is 0 Å². The number of aliphatic hydroxyl groups excluding tert-OH is 1. The van der Waals surface area contributed by atoms with Gasteiger partial charge >= 0.3 is 0 Å². The Morgan fingerprint density at radius 1 is 0.789 bits per heavy atom. The molecule has 0 aromatic carbocycles. The molecular formula is C12H25N3O4. The molecule has 7 nitrogen and oxygen atoms in total. The van der Waals surface area contributed by atoms with Gasteiger partial charge in [0.15, 0.2) is 0 Å². The maximum atomic E-state index is 8.47. The van der Waals surface area contributed by atoms with Gasteiger partial charge in [-0.2, -0.15) is 0 Å². The van der Waals surface area contributed by atoms with Crippen molar-refractivity contribution < 1.29 is 19.3 Å². The number of ether oxygens (including phenoxy) is 3. The molecule has 0 unspecified atom stereocenters. The summed E-state index contributed by atoms with van der Waals surface area (Å²) in [5.74, 6) is 0. The smallest absolute Gasteiger partial charge is 0.0701 e. The molecule has 0 aliphatic rings. The van der Waals surface area contributed by atoms with Crippen molar-refractivity contribution in [1.29, 1.82) is 0 Å². The van der Waals surface area contributed by atoms with E-state index < -0.39 is 0 Å². The van der Waals surface area contributed by atoms with E-state index in [1.165, 1.54) is 0 Å². The average Bonchev–Trinajstić information content (AvgIpc) is 2.43. The molecule has 0 saturated heterocycles. The lowest BCUT2D eigenvalue weighted by molar-refractivity contribution is 0.0319. The standard InChI is InChI=1S/C12H25N3O4/c13-15-14-5-9-17-7-3-1-2-4-8-18-11-12-19-10-6-16/h16H,1-12H2. The number of aliphatic hydroxyl groups is 1. The first kappa shape index (κ1) is 18.1. The monoisotopic (exact) mass is 275 g/mol. The van der Waals surface area contributed by atoms with E-state index in [0.29, 0.717) is 33.0 Å². The van der Waals surface area contributed by atoms with Crippen molar-refractivity contribution in [2.75, 3.05) is 52.8 Å². The van der Waals surface area contributed by atoms with Crippen LogP contribution in [0.15, 0.2) is 5.11 Å². The van der Waals surface area contributed by atoms with Gasteiger partial charge in [0, 0.05) is 24.7 Å². The van der Waals surface area contributed by atoms with E-state index in [4.69, 9.17) is 24.8 Å². The van der Waals surface area contributed by atoms with Gasteiger partial charge in [0.25, 0.3) is 0 Å².